The molecule has 7 heteroatoms. The van der Waals surface area contributed by atoms with Gasteiger partial charge in [-0.05, 0) is 66.9 Å². The van der Waals surface area contributed by atoms with Crippen LogP contribution in [0, 0.1) is 11.3 Å². The SMILES string of the molecule is CCc1cc2c(-c3ccc4cnc(CNC(=O)c5ccc6c(c5)[C@](C)(C#N)COC6)cc4n3)cccc2n1C. The zero-order valence-corrected chi connectivity index (χ0v) is 22.3. The maximum absolute atomic E-state index is 13.0. The van der Waals surface area contributed by atoms with Crippen LogP contribution < -0.4 is 5.32 Å². The average Bonchev–Trinajstić information content (AvgIpc) is 3.31. The van der Waals surface area contributed by atoms with Crippen LogP contribution in [0.4, 0.5) is 0 Å². The molecule has 7 nitrogen and oxygen atoms in total. The number of amides is 1. The summed E-state index contributed by atoms with van der Waals surface area (Å²) in [5, 5.41) is 14.8. The molecule has 39 heavy (non-hydrogen) atoms. The van der Waals surface area contributed by atoms with Gasteiger partial charge < -0.3 is 14.6 Å². The van der Waals surface area contributed by atoms with Crippen molar-refractivity contribution in [1.29, 1.82) is 5.26 Å². The summed E-state index contributed by atoms with van der Waals surface area (Å²) < 4.78 is 7.81. The molecule has 5 aromatic rings. The van der Waals surface area contributed by atoms with Crippen LogP contribution >= 0.6 is 0 Å². The van der Waals surface area contributed by atoms with Crippen LogP contribution in [0.15, 0.2) is 66.9 Å². The number of rotatable bonds is 5. The van der Waals surface area contributed by atoms with Crippen LogP contribution in [0.25, 0.3) is 33.1 Å². The van der Waals surface area contributed by atoms with E-state index in [4.69, 9.17) is 9.72 Å². The summed E-state index contributed by atoms with van der Waals surface area (Å²) >= 11 is 0. The maximum atomic E-state index is 13.0. The number of nitrogens with zero attached hydrogens (tertiary/aromatic N) is 4. The zero-order valence-electron chi connectivity index (χ0n) is 22.3. The van der Waals surface area contributed by atoms with Crippen LogP contribution in [0.3, 0.4) is 0 Å². The van der Waals surface area contributed by atoms with Crippen molar-refractivity contribution in [1.82, 2.24) is 19.9 Å². The molecule has 1 aliphatic heterocycles. The van der Waals surface area contributed by atoms with E-state index in [9.17, 15) is 10.1 Å². The van der Waals surface area contributed by atoms with Crippen molar-refractivity contribution in [2.24, 2.45) is 7.05 Å². The second-order valence-corrected chi connectivity index (χ2v) is 10.3. The Labute approximate surface area is 227 Å². The Bertz CT molecular complexity index is 1800. The normalized spacial score (nSPS) is 16.7. The van der Waals surface area contributed by atoms with Gasteiger partial charge in [0.05, 0.1) is 42.7 Å². The number of aromatic nitrogens is 3. The molecule has 0 saturated carbocycles. The summed E-state index contributed by atoms with van der Waals surface area (Å²) in [5.41, 5.74) is 7.56. The highest BCUT2D eigenvalue weighted by atomic mass is 16.5. The number of fused-ring (bicyclic) bond motifs is 3. The molecule has 2 aromatic carbocycles. The Kier molecular flexibility index (Phi) is 6.13. The fraction of sp³-hybridized carbons (Fsp3) is 0.250. The van der Waals surface area contributed by atoms with Gasteiger partial charge in [-0.2, -0.15) is 5.26 Å². The summed E-state index contributed by atoms with van der Waals surface area (Å²) in [5.74, 6) is -0.212. The highest BCUT2D eigenvalue weighted by molar-refractivity contribution is 5.97. The molecule has 0 bridgehead atoms. The molecule has 1 atom stereocenters. The van der Waals surface area contributed by atoms with Crippen LogP contribution in [0.2, 0.25) is 0 Å². The average molecular weight is 516 g/mol. The van der Waals surface area contributed by atoms with Gasteiger partial charge in [0.1, 0.15) is 5.41 Å². The van der Waals surface area contributed by atoms with Crippen LogP contribution in [0.1, 0.15) is 46.7 Å². The number of ether oxygens (including phenoxy) is 1. The fourth-order valence-electron chi connectivity index (χ4n) is 5.45. The minimum absolute atomic E-state index is 0.212. The van der Waals surface area contributed by atoms with Crippen molar-refractivity contribution >= 4 is 27.7 Å². The Balaban J connectivity index is 1.26. The first kappa shape index (κ1) is 24.8. The number of pyridine rings is 2. The van der Waals surface area contributed by atoms with Crippen molar-refractivity contribution in [3.8, 4) is 17.3 Å². The predicted octanol–water partition coefficient (Wildman–Crippen LogP) is 5.59. The van der Waals surface area contributed by atoms with Crippen LogP contribution in [-0.4, -0.2) is 27.0 Å². The van der Waals surface area contributed by atoms with E-state index >= 15 is 0 Å². The third kappa shape index (κ3) is 4.33. The van der Waals surface area contributed by atoms with Crippen LogP contribution in [-0.2, 0) is 36.8 Å². The van der Waals surface area contributed by atoms with Gasteiger partial charge >= 0.3 is 0 Å². The van der Waals surface area contributed by atoms with Crippen molar-refractivity contribution in [2.45, 2.75) is 38.8 Å². The lowest BCUT2D eigenvalue weighted by Gasteiger charge is -2.30. The lowest BCUT2D eigenvalue weighted by atomic mass is 9.79. The van der Waals surface area contributed by atoms with Gasteiger partial charge in [-0.1, -0.05) is 25.1 Å². The molecule has 0 saturated heterocycles. The quantitative estimate of drug-likeness (QED) is 0.329. The predicted molar refractivity (Wildman–Crippen MR) is 151 cm³/mol. The van der Waals surface area contributed by atoms with E-state index in [1.165, 1.54) is 16.6 Å². The van der Waals surface area contributed by atoms with E-state index in [0.29, 0.717) is 18.8 Å². The number of aryl methyl sites for hydroxylation is 2. The van der Waals surface area contributed by atoms with E-state index in [1.807, 2.05) is 37.3 Å². The molecule has 0 fully saturated rings. The monoisotopic (exact) mass is 515 g/mol. The molecular weight excluding hydrogens is 486 g/mol. The van der Waals surface area contributed by atoms with Crippen molar-refractivity contribution < 1.29 is 9.53 Å². The number of hydrogen-bond donors (Lipinski definition) is 1. The van der Waals surface area contributed by atoms with Gasteiger partial charge in [0.15, 0.2) is 0 Å². The van der Waals surface area contributed by atoms with Gasteiger partial charge in [-0.15, -0.1) is 0 Å². The third-order valence-corrected chi connectivity index (χ3v) is 7.75. The molecule has 0 unspecified atom stereocenters. The van der Waals surface area contributed by atoms with E-state index in [-0.39, 0.29) is 12.5 Å². The molecule has 1 amide bonds. The maximum Gasteiger partial charge on any atom is 0.251 e. The van der Waals surface area contributed by atoms with Crippen molar-refractivity contribution in [2.75, 3.05) is 6.61 Å². The summed E-state index contributed by atoms with van der Waals surface area (Å²) in [6.07, 6.45) is 2.76. The van der Waals surface area contributed by atoms with Crippen LogP contribution in [0.5, 0.6) is 0 Å². The fourth-order valence-corrected chi connectivity index (χ4v) is 5.45. The molecule has 1 N–H and O–H groups in total. The second kappa shape index (κ2) is 9.64. The van der Waals surface area contributed by atoms with Gasteiger partial charge in [-0.25, -0.2) is 4.98 Å². The van der Waals surface area contributed by atoms with Crippen molar-refractivity contribution in [3.05, 3.63) is 94.9 Å². The molecule has 3 aromatic heterocycles. The Morgan fingerprint density at radius 2 is 2.05 bits per heavy atom. The van der Waals surface area contributed by atoms with Crippen molar-refractivity contribution in [3.63, 3.8) is 0 Å². The Morgan fingerprint density at radius 3 is 2.87 bits per heavy atom. The standard InChI is InChI=1S/C32H29N5O2/c1-4-24-14-26-25(6-5-7-30(26)37(24)3)28-11-10-21-15-34-23(13-29(21)36-28)16-35-31(38)20-8-9-22-17-39-19-32(2,18-33)27(22)12-20/h5-15H,4,16-17,19H2,1-3H3,(H,35,38)/t32-/m1/s1. The largest absolute Gasteiger partial charge is 0.375 e. The van der Waals surface area contributed by atoms with E-state index in [1.54, 1.807) is 12.3 Å². The minimum atomic E-state index is -0.769. The minimum Gasteiger partial charge on any atom is -0.375 e. The molecule has 194 valence electrons. The molecule has 6 rings (SSSR count). The number of carbonyl (C=O) groups is 1. The van der Waals surface area contributed by atoms with E-state index < -0.39 is 5.41 Å². The first-order chi connectivity index (χ1) is 18.9. The number of nitriles is 1. The first-order valence-corrected chi connectivity index (χ1v) is 13.1. The van der Waals surface area contributed by atoms with Gasteiger partial charge in [0, 0.05) is 46.4 Å². The molecular formula is C32H29N5O2. The highest BCUT2D eigenvalue weighted by Gasteiger charge is 2.33. The number of hydrogen-bond acceptors (Lipinski definition) is 5. The number of benzene rings is 2. The van der Waals surface area contributed by atoms with Gasteiger partial charge in [-0.3, -0.25) is 9.78 Å². The highest BCUT2D eigenvalue weighted by Crippen LogP contribution is 2.33. The summed E-state index contributed by atoms with van der Waals surface area (Å²) in [7, 11) is 2.10. The Morgan fingerprint density at radius 1 is 1.18 bits per heavy atom. The molecule has 4 heterocycles. The topological polar surface area (TPSA) is 92.8 Å². The van der Waals surface area contributed by atoms with E-state index in [0.717, 1.165) is 45.4 Å². The molecule has 0 spiro atoms. The zero-order chi connectivity index (χ0) is 27.1. The first-order valence-electron chi connectivity index (χ1n) is 13.1. The number of nitrogens with one attached hydrogen (secondary N) is 1. The van der Waals surface area contributed by atoms with E-state index in [2.05, 4.69) is 59.2 Å². The smallest absolute Gasteiger partial charge is 0.251 e. The van der Waals surface area contributed by atoms with Gasteiger partial charge in [0.25, 0.3) is 5.91 Å². The second-order valence-electron chi connectivity index (χ2n) is 10.3. The summed E-state index contributed by atoms with van der Waals surface area (Å²) in [6, 6.07) is 22.4. The molecule has 0 aliphatic carbocycles. The lowest BCUT2D eigenvalue weighted by Crippen LogP contribution is -2.33. The van der Waals surface area contributed by atoms with Gasteiger partial charge in [0.2, 0.25) is 0 Å². The third-order valence-electron chi connectivity index (χ3n) is 7.75. The summed E-state index contributed by atoms with van der Waals surface area (Å²) in [4.78, 5) is 22.5. The molecule has 1 aliphatic rings. The Hall–Kier alpha value is -4.54. The summed E-state index contributed by atoms with van der Waals surface area (Å²) in [6.45, 7) is 5.04. The molecule has 0 radical (unpaired) electrons. The number of carbonyl (C=O) groups excluding carboxylic acids is 1. The lowest BCUT2D eigenvalue weighted by molar-refractivity contribution is 0.0757.